The molecule has 0 aliphatic heterocycles. The molecule has 20 heavy (non-hydrogen) atoms. The van der Waals surface area contributed by atoms with Crippen molar-refractivity contribution in [1.29, 1.82) is 0 Å². The summed E-state index contributed by atoms with van der Waals surface area (Å²) < 4.78 is 5.36. The molecule has 0 radical (unpaired) electrons. The first kappa shape index (κ1) is 14.6. The number of hydrogen-bond acceptors (Lipinski definition) is 3. The van der Waals surface area contributed by atoms with Crippen LogP contribution in [0.3, 0.4) is 0 Å². The number of carbonyl (C=O) groups is 1. The van der Waals surface area contributed by atoms with E-state index in [1.165, 1.54) is 0 Å². The van der Waals surface area contributed by atoms with Crippen molar-refractivity contribution in [3.05, 3.63) is 58.0 Å². The molecule has 4 nitrogen and oxygen atoms in total. The van der Waals surface area contributed by atoms with Gasteiger partial charge in [-0.1, -0.05) is 23.7 Å². The number of carbonyl (C=O) groups excluding carboxylic acids is 1. The van der Waals surface area contributed by atoms with Crippen molar-refractivity contribution in [2.75, 3.05) is 6.61 Å². The van der Waals surface area contributed by atoms with Gasteiger partial charge in [0.05, 0.1) is 12.6 Å². The summed E-state index contributed by atoms with van der Waals surface area (Å²) in [6.45, 7) is 3.39. The Labute approximate surface area is 122 Å². The molecule has 0 saturated heterocycles. The Morgan fingerprint density at radius 1 is 1.35 bits per heavy atom. The molecule has 0 bridgehead atoms. The topological polar surface area (TPSA) is 62.5 Å². The molecule has 1 heterocycles. The molecule has 0 fully saturated rings. The van der Waals surface area contributed by atoms with E-state index < -0.39 is 6.04 Å². The maximum Gasteiger partial charge on any atom is 0.287 e. The molecule has 2 N–H and O–H groups in total. The number of rotatable bonds is 4. The van der Waals surface area contributed by atoms with Crippen molar-refractivity contribution in [3.63, 3.8) is 0 Å². The van der Waals surface area contributed by atoms with Crippen LogP contribution in [0.15, 0.2) is 34.7 Å². The minimum absolute atomic E-state index is 0.202. The van der Waals surface area contributed by atoms with E-state index >= 15 is 0 Å². The lowest BCUT2D eigenvalue weighted by molar-refractivity contribution is 0.0886. The van der Waals surface area contributed by atoms with Gasteiger partial charge in [-0.2, -0.15) is 0 Å². The molecular formula is C15H16ClNO3. The van der Waals surface area contributed by atoms with Crippen LogP contribution >= 0.6 is 11.6 Å². The van der Waals surface area contributed by atoms with Crippen LogP contribution in [0.5, 0.6) is 0 Å². The molecule has 0 saturated carbocycles. The number of aliphatic hydroxyl groups excluding tert-OH is 1. The summed E-state index contributed by atoms with van der Waals surface area (Å²) in [4.78, 5) is 12.1. The number of furan rings is 1. The van der Waals surface area contributed by atoms with Crippen LogP contribution in [0.25, 0.3) is 0 Å². The number of aliphatic hydroxyl groups is 1. The largest absolute Gasteiger partial charge is 0.456 e. The van der Waals surface area contributed by atoms with Gasteiger partial charge in [-0.05, 0) is 37.6 Å². The Bertz CT molecular complexity index is 604. The summed E-state index contributed by atoms with van der Waals surface area (Å²) in [6.07, 6.45) is 0. The van der Waals surface area contributed by atoms with E-state index in [9.17, 15) is 9.90 Å². The SMILES string of the molecule is Cc1cc(C)c(C(=O)NC(CO)c2ccc(Cl)cc2)o1. The highest BCUT2D eigenvalue weighted by molar-refractivity contribution is 6.30. The Morgan fingerprint density at radius 2 is 2.00 bits per heavy atom. The Balaban J connectivity index is 2.16. The van der Waals surface area contributed by atoms with Gasteiger partial charge in [-0.3, -0.25) is 4.79 Å². The van der Waals surface area contributed by atoms with E-state index in [1.807, 2.05) is 6.92 Å². The molecule has 1 aromatic carbocycles. The van der Waals surface area contributed by atoms with Gasteiger partial charge >= 0.3 is 0 Å². The molecule has 5 heteroatoms. The maximum absolute atomic E-state index is 12.1. The smallest absolute Gasteiger partial charge is 0.287 e. The normalized spacial score (nSPS) is 12.2. The van der Waals surface area contributed by atoms with Crippen molar-refractivity contribution in [1.82, 2.24) is 5.32 Å². The fourth-order valence-corrected chi connectivity index (χ4v) is 2.15. The number of benzene rings is 1. The number of hydrogen-bond donors (Lipinski definition) is 2. The van der Waals surface area contributed by atoms with Crippen molar-refractivity contribution >= 4 is 17.5 Å². The van der Waals surface area contributed by atoms with Crippen LogP contribution in [-0.2, 0) is 0 Å². The minimum atomic E-state index is -0.496. The van der Waals surface area contributed by atoms with Crippen molar-refractivity contribution < 1.29 is 14.3 Å². The second-order valence-corrected chi connectivity index (χ2v) is 5.07. The lowest BCUT2D eigenvalue weighted by Gasteiger charge is -2.16. The van der Waals surface area contributed by atoms with Crippen LogP contribution in [0.2, 0.25) is 5.02 Å². The van der Waals surface area contributed by atoms with E-state index in [2.05, 4.69) is 5.32 Å². The summed E-state index contributed by atoms with van der Waals surface area (Å²) in [7, 11) is 0. The van der Waals surface area contributed by atoms with Gasteiger partial charge in [0.25, 0.3) is 5.91 Å². The van der Waals surface area contributed by atoms with Crippen molar-refractivity contribution in [3.8, 4) is 0 Å². The third-order valence-corrected chi connectivity index (χ3v) is 3.26. The van der Waals surface area contributed by atoms with Gasteiger partial charge in [0, 0.05) is 10.6 Å². The number of aryl methyl sites for hydroxylation is 2. The standard InChI is InChI=1S/C15H16ClNO3/c1-9-7-10(2)20-14(9)15(19)17-13(8-18)11-3-5-12(16)6-4-11/h3-7,13,18H,8H2,1-2H3,(H,17,19). The summed E-state index contributed by atoms with van der Waals surface area (Å²) in [5.74, 6) is 0.610. The maximum atomic E-state index is 12.1. The Morgan fingerprint density at radius 3 is 2.50 bits per heavy atom. The van der Waals surface area contributed by atoms with Crippen molar-refractivity contribution in [2.45, 2.75) is 19.9 Å². The molecule has 106 valence electrons. The predicted octanol–water partition coefficient (Wildman–Crippen LogP) is 3.01. The van der Waals surface area contributed by atoms with E-state index in [0.717, 1.165) is 11.1 Å². The zero-order chi connectivity index (χ0) is 14.7. The first-order valence-electron chi connectivity index (χ1n) is 6.25. The molecule has 1 atom stereocenters. The fourth-order valence-electron chi connectivity index (χ4n) is 2.02. The predicted molar refractivity (Wildman–Crippen MR) is 76.9 cm³/mol. The molecular weight excluding hydrogens is 278 g/mol. The van der Waals surface area contributed by atoms with E-state index in [-0.39, 0.29) is 18.3 Å². The quantitative estimate of drug-likeness (QED) is 0.911. The molecule has 1 unspecified atom stereocenters. The summed E-state index contributed by atoms with van der Waals surface area (Å²) in [6, 6.07) is 8.27. The summed E-state index contributed by atoms with van der Waals surface area (Å²) in [5, 5.41) is 12.8. The van der Waals surface area contributed by atoms with E-state index in [4.69, 9.17) is 16.0 Å². The third-order valence-electron chi connectivity index (χ3n) is 3.01. The number of halogens is 1. The molecule has 2 rings (SSSR count). The van der Waals surface area contributed by atoms with Crippen LogP contribution in [-0.4, -0.2) is 17.6 Å². The highest BCUT2D eigenvalue weighted by Crippen LogP contribution is 2.18. The number of amides is 1. The second-order valence-electron chi connectivity index (χ2n) is 4.63. The molecule has 0 aliphatic rings. The van der Waals surface area contributed by atoms with Gasteiger partial charge in [-0.15, -0.1) is 0 Å². The number of nitrogens with one attached hydrogen (secondary N) is 1. The average Bonchev–Trinajstić information content (AvgIpc) is 2.76. The molecule has 0 spiro atoms. The van der Waals surface area contributed by atoms with Crippen LogP contribution in [0, 0.1) is 13.8 Å². The first-order valence-corrected chi connectivity index (χ1v) is 6.63. The van der Waals surface area contributed by atoms with Crippen LogP contribution in [0.4, 0.5) is 0 Å². The lowest BCUT2D eigenvalue weighted by atomic mass is 10.1. The molecule has 2 aromatic rings. The zero-order valence-electron chi connectivity index (χ0n) is 11.3. The summed E-state index contributed by atoms with van der Waals surface area (Å²) in [5.41, 5.74) is 1.55. The summed E-state index contributed by atoms with van der Waals surface area (Å²) >= 11 is 5.82. The Hall–Kier alpha value is -1.78. The monoisotopic (exact) mass is 293 g/mol. The molecule has 1 aromatic heterocycles. The minimum Gasteiger partial charge on any atom is -0.456 e. The average molecular weight is 294 g/mol. The fraction of sp³-hybridized carbons (Fsp3) is 0.267. The van der Waals surface area contributed by atoms with E-state index in [0.29, 0.717) is 10.8 Å². The highest BCUT2D eigenvalue weighted by Gasteiger charge is 2.19. The van der Waals surface area contributed by atoms with Crippen LogP contribution in [0.1, 0.15) is 33.5 Å². The zero-order valence-corrected chi connectivity index (χ0v) is 12.1. The van der Waals surface area contributed by atoms with Gasteiger partial charge in [0.2, 0.25) is 0 Å². The molecule has 1 amide bonds. The van der Waals surface area contributed by atoms with Crippen molar-refractivity contribution in [2.24, 2.45) is 0 Å². The Kier molecular flexibility index (Phi) is 4.47. The van der Waals surface area contributed by atoms with E-state index in [1.54, 1.807) is 37.3 Å². The van der Waals surface area contributed by atoms with Gasteiger partial charge < -0.3 is 14.8 Å². The van der Waals surface area contributed by atoms with Gasteiger partial charge in [-0.25, -0.2) is 0 Å². The third kappa shape index (κ3) is 3.21. The van der Waals surface area contributed by atoms with Gasteiger partial charge in [0.1, 0.15) is 5.76 Å². The first-order chi connectivity index (χ1) is 9.51. The highest BCUT2D eigenvalue weighted by atomic mass is 35.5. The molecule has 0 aliphatic carbocycles. The van der Waals surface area contributed by atoms with Crippen LogP contribution < -0.4 is 5.32 Å². The second kappa shape index (κ2) is 6.11. The van der Waals surface area contributed by atoms with Gasteiger partial charge in [0.15, 0.2) is 5.76 Å². The lowest BCUT2D eigenvalue weighted by Crippen LogP contribution is -2.30.